The Morgan fingerprint density at radius 2 is 2.16 bits per heavy atom. The highest BCUT2D eigenvalue weighted by Gasteiger charge is 2.34. The highest BCUT2D eigenvalue weighted by molar-refractivity contribution is 5.93. The molecule has 3 nitrogen and oxygen atoms in total. The van der Waals surface area contributed by atoms with E-state index in [0.29, 0.717) is 6.04 Å². The van der Waals surface area contributed by atoms with E-state index in [9.17, 15) is 0 Å². The average molecular weight is 253 g/mol. The number of fused-ring (bicyclic) bond motifs is 1. The average Bonchev–Trinajstić information content (AvgIpc) is 3.31. The van der Waals surface area contributed by atoms with Crippen LogP contribution in [0.25, 0.3) is 10.8 Å². The third-order valence-corrected chi connectivity index (χ3v) is 4.39. The van der Waals surface area contributed by atoms with E-state index in [1.54, 1.807) is 0 Å². The van der Waals surface area contributed by atoms with E-state index in [0.717, 1.165) is 25.6 Å². The third kappa shape index (κ3) is 2.08. The van der Waals surface area contributed by atoms with Gasteiger partial charge in [-0.25, -0.2) is 0 Å². The molecule has 1 atom stereocenters. The first-order valence-electron chi connectivity index (χ1n) is 7.23. The summed E-state index contributed by atoms with van der Waals surface area (Å²) in [5.74, 6) is 0.916. The zero-order valence-electron chi connectivity index (χ0n) is 11.0. The van der Waals surface area contributed by atoms with Crippen molar-refractivity contribution in [2.75, 3.05) is 24.5 Å². The lowest BCUT2D eigenvalue weighted by molar-refractivity contribution is 0.419. The standard InChI is InChI=1S/C16H19N3/c1-2-13-10-17-7-6-14(13)16(3-1)19-9-8-18-15(11-19)12-4-5-12/h1-3,6-7,10,12,15,18H,4-5,8-9,11H2. The monoisotopic (exact) mass is 253 g/mol. The highest BCUT2D eigenvalue weighted by Crippen LogP contribution is 2.35. The molecule has 1 aromatic heterocycles. The van der Waals surface area contributed by atoms with Crippen LogP contribution in [0.4, 0.5) is 5.69 Å². The van der Waals surface area contributed by atoms with Gasteiger partial charge in [-0.3, -0.25) is 4.98 Å². The van der Waals surface area contributed by atoms with E-state index < -0.39 is 0 Å². The fraction of sp³-hybridized carbons (Fsp3) is 0.438. The molecule has 4 rings (SSSR count). The number of rotatable bonds is 2. The van der Waals surface area contributed by atoms with E-state index >= 15 is 0 Å². The predicted molar refractivity (Wildman–Crippen MR) is 78.5 cm³/mol. The molecule has 0 amide bonds. The van der Waals surface area contributed by atoms with E-state index in [1.165, 1.54) is 29.3 Å². The summed E-state index contributed by atoms with van der Waals surface area (Å²) in [6.45, 7) is 3.35. The van der Waals surface area contributed by atoms with Crippen LogP contribution in [0, 0.1) is 5.92 Å². The quantitative estimate of drug-likeness (QED) is 0.891. The molecular formula is C16H19N3. The van der Waals surface area contributed by atoms with Crippen LogP contribution in [0.3, 0.4) is 0 Å². The summed E-state index contributed by atoms with van der Waals surface area (Å²) in [4.78, 5) is 6.76. The minimum atomic E-state index is 0.686. The van der Waals surface area contributed by atoms with Crippen LogP contribution in [-0.4, -0.2) is 30.7 Å². The Balaban J connectivity index is 1.69. The fourth-order valence-corrected chi connectivity index (χ4v) is 3.19. The van der Waals surface area contributed by atoms with Crippen molar-refractivity contribution >= 4 is 16.5 Å². The second-order valence-electron chi connectivity index (χ2n) is 5.72. The Hall–Kier alpha value is -1.61. The molecule has 2 heterocycles. The minimum absolute atomic E-state index is 0.686. The Labute approximate surface area is 113 Å². The van der Waals surface area contributed by atoms with Crippen LogP contribution < -0.4 is 10.2 Å². The number of aromatic nitrogens is 1. The number of benzene rings is 1. The maximum atomic E-state index is 4.22. The minimum Gasteiger partial charge on any atom is -0.368 e. The molecule has 1 saturated carbocycles. The van der Waals surface area contributed by atoms with Gasteiger partial charge in [-0.1, -0.05) is 12.1 Å². The molecule has 98 valence electrons. The number of pyridine rings is 1. The first-order valence-corrected chi connectivity index (χ1v) is 7.23. The molecule has 3 heteroatoms. The van der Waals surface area contributed by atoms with Gasteiger partial charge >= 0.3 is 0 Å². The van der Waals surface area contributed by atoms with Gasteiger partial charge < -0.3 is 10.2 Å². The van der Waals surface area contributed by atoms with Crippen LogP contribution in [0.5, 0.6) is 0 Å². The molecule has 0 bridgehead atoms. The first kappa shape index (κ1) is 11.2. The Bertz CT molecular complexity index is 586. The van der Waals surface area contributed by atoms with Gasteiger partial charge in [-0.2, -0.15) is 0 Å². The number of anilines is 1. The van der Waals surface area contributed by atoms with Gasteiger partial charge in [0, 0.05) is 54.5 Å². The zero-order valence-corrected chi connectivity index (χ0v) is 11.0. The Kier molecular flexibility index (Phi) is 2.66. The molecule has 2 aliphatic rings. The van der Waals surface area contributed by atoms with Gasteiger partial charge in [0.25, 0.3) is 0 Å². The fourth-order valence-electron chi connectivity index (χ4n) is 3.19. The van der Waals surface area contributed by atoms with Gasteiger partial charge in [-0.05, 0) is 30.9 Å². The van der Waals surface area contributed by atoms with Crippen molar-refractivity contribution in [2.45, 2.75) is 18.9 Å². The van der Waals surface area contributed by atoms with Crippen molar-refractivity contribution in [3.8, 4) is 0 Å². The molecule has 0 radical (unpaired) electrons. The second kappa shape index (κ2) is 4.49. The van der Waals surface area contributed by atoms with Gasteiger partial charge in [0.2, 0.25) is 0 Å². The zero-order chi connectivity index (χ0) is 12.7. The molecule has 2 aromatic rings. The van der Waals surface area contributed by atoms with Crippen molar-refractivity contribution in [2.24, 2.45) is 5.92 Å². The lowest BCUT2D eigenvalue weighted by Crippen LogP contribution is -2.51. The van der Waals surface area contributed by atoms with Crippen molar-refractivity contribution in [3.05, 3.63) is 36.7 Å². The molecule has 0 spiro atoms. The molecule has 1 saturated heterocycles. The number of hydrogen-bond acceptors (Lipinski definition) is 3. The largest absolute Gasteiger partial charge is 0.368 e. The van der Waals surface area contributed by atoms with Crippen LogP contribution in [-0.2, 0) is 0 Å². The molecule has 2 fully saturated rings. The van der Waals surface area contributed by atoms with Crippen molar-refractivity contribution < 1.29 is 0 Å². The molecular weight excluding hydrogens is 234 g/mol. The normalized spacial score (nSPS) is 23.8. The van der Waals surface area contributed by atoms with Crippen LogP contribution in [0.15, 0.2) is 36.7 Å². The van der Waals surface area contributed by atoms with Crippen LogP contribution in [0.2, 0.25) is 0 Å². The van der Waals surface area contributed by atoms with Gasteiger partial charge in [0.1, 0.15) is 0 Å². The van der Waals surface area contributed by atoms with Crippen LogP contribution in [0.1, 0.15) is 12.8 Å². The summed E-state index contributed by atoms with van der Waals surface area (Å²) in [6, 6.07) is 9.36. The number of nitrogens with zero attached hydrogens (tertiary/aromatic N) is 2. The van der Waals surface area contributed by atoms with Crippen molar-refractivity contribution in [3.63, 3.8) is 0 Å². The van der Waals surface area contributed by atoms with E-state index in [4.69, 9.17) is 0 Å². The van der Waals surface area contributed by atoms with E-state index in [1.807, 2.05) is 12.4 Å². The smallest absolute Gasteiger partial charge is 0.0448 e. The summed E-state index contributed by atoms with van der Waals surface area (Å²) in [5, 5.41) is 6.24. The summed E-state index contributed by atoms with van der Waals surface area (Å²) in [7, 11) is 0. The van der Waals surface area contributed by atoms with Gasteiger partial charge in [0.05, 0.1) is 0 Å². The molecule has 1 aliphatic carbocycles. The molecule has 1 unspecified atom stereocenters. The van der Waals surface area contributed by atoms with Crippen molar-refractivity contribution in [1.29, 1.82) is 0 Å². The number of hydrogen-bond donors (Lipinski definition) is 1. The topological polar surface area (TPSA) is 28.2 Å². The summed E-state index contributed by atoms with van der Waals surface area (Å²) >= 11 is 0. The first-order chi connectivity index (χ1) is 9.42. The predicted octanol–water partition coefficient (Wildman–Crippen LogP) is 2.42. The lowest BCUT2D eigenvalue weighted by Gasteiger charge is -2.36. The number of piperazine rings is 1. The number of nitrogens with one attached hydrogen (secondary N) is 1. The Morgan fingerprint density at radius 1 is 1.21 bits per heavy atom. The lowest BCUT2D eigenvalue weighted by atomic mass is 10.1. The maximum absolute atomic E-state index is 4.22. The van der Waals surface area contributed by atoms with Gasteiger partial charge in [-0.15, -0.1) is 0 Å². The third-order valence-electron chi connectivity index (χ3n) is 4.39. The highest BCUT2D eigenvalue weighted by atomic mass is 15.2. The van der Waals surface area contributed by atoms with E-state index in [-0.39, 0.29) is 0 Å². The van der Waals surface area contributed by atoms with Crippen molar-refractivity contribution in [1.82, 2.24) is 10.3 Å². The molecule has 1 aliphatic heterocycles. The second-order valence-corrected chi connectivity index (χ2v) is 5.72. The molecule has 1 aromatic carbocycles. The SMILES string of the molecule is c1cc(N2CCNC(C3CC3)C2)c2ccncc2c1. The molecule has 19 heavy (non-hydrogen) atoms. The maximum Gasteiger partial charge on any atom is 0.0448 e. The summed E-state index contributed by atoms with van der Waals surface area (Å²) < 4.78 is 0. The van der Waals surface area contributed by atoms with Crippen LogP contribution >= 0.6 is 0 Å². The van der Waals surface area contributed by atoms with Gasteiger partial charge in [0.15, 0.2) is 0 Å². The molecule has 1 N–H and O–H groups in total. The summed E-state index contributed by atoms with van der Waals surface area (Å²) in [5.41, 5.74) is 1.37. The summed E-state index contributed by atoms with van der Waals surface area (Å²) in [6.07, 6.45) is 6.67. The van der Waals surface area contributed by atoms with E-state index in [2.05, 4.69) is 39.5 Å². The Morgan fingerprint density at radius 3 is 3.05 bits per heavy atom.